The van der Waals surface area contributed by atoms with E-state index in [1.165, 1.54) is 12.8 Å². The van der Waals surface area contributed by atoms with E-state index in [4.69, 9.17) is 0 Å². The lowest BCUT2D eigenvalue weighted by Gasteiger charge is -2.30. The summed E-state index contributed by atoms with van der Waals surface area (Å²) in [7, 11) is 3.66. The van der Waals surface area contributed by atoms with Crippen molar-refractivity contribution < 1.29 is 4.79 Å². The highest BCUT2D eigenvalue weighted by Gasteiger charge is 2.18. The zero-order valence-corrected chi connectivity index (χ0v) is 11.5. The monoisotopic (exact) mass is 241 g/mol. The van der Waals surface area contributed by atoms with Gasteiger partial charge in [0, 0.05) is 20.6 Å². The van der Waals surface area contributed by atoms with E-state index >= 15 is 0 Å². The standard InChI is InChI=1S/C13H27N3O/c1-4-9-16(11-13(17)15(2)3)10-12-5-7-14-8-6-12/h12,14H,4-11H2,1-3H3. The van der Waals surface area contributed by atoms with E-state index in [0.717, 1.165) is 38.5 Å². The van der Waals surface area contributed by atoms with Crippen LogP contribution in [0.25, 0.3) is 0 Å². The van der Waals surface area contributed by atoms with Crippen molar-refractivity contribution in [3.05, 3.63) is 0 Å². The number of carbonyl (C=O) groups is 1. The van der Waals surface area contributed by atoms with Crippen LogP contribution in [0.1, 0.15) is 26.2 Å². The number of piperidine rings is 1. The normalized spacial score (nSPS) is 17.4. The first kappa shape index (κ1) is 14.5. The maximum absolute atomic E-state index is 11.7. The molecule has 1 N–H and O–H groups in total. The van der Waals surface area contributed by atoms with Crippen molar-refractivity contribution in [1.29, 1.82) is 0 Å². The summed E-state index contributed by atoms with van der Waals surface area (Å²) in [5.41, 5.74) is 0. The number of amides is 1. The van der Waals surface area contributed by atoms with Crippen molar-refractivity contribution in [3.8, 4) is 0 Å². The smallest absolute Gasteiger partial charge is 0.236 e. The van der Waals surface area contributed by atoms with Gasteiger partial charge in [0.1, 0.15) is 0 Å². The average molecular weight is 241 g/mol. The Bertz CT molecular complexity index is 225. The Labute approximate surface area is 105 Å². The third-order valence-corrected chi connectivity index (χ3v) is 3.37. The van der Waals surface area contributed by atoms with E-state index in [0.29, 0.717) is 6.54 Å². The van der Waals surface area contributed by atoms with E-state index in [1.54, 1.807) is 4.90 Å². The van der Waals surface area contributed by atoms with Crippen LogP contribution >= 0.6 is 0 Å². The molecule has 1 aliphatic heterocycles. The largest absolute Gasteiger partial charge is 0.348 e. The van der Waals surface area contributed by atoms with Crippen LogP contribution in [0.15, 0.2) is 0 Å². The summed E-state index contributed by atoms with van der Waals surface area (Å²) in [4.78, 5) is 15.7. The molecule has 1 saturated heterocycles. The fourth-order valence-corrected chi connectivity index (χ4v) is 2.31. The Balaban J connectivity index is 2.38. The summed E-state index contributed by atoms with van der Waals surface area (Å²) < 4.78 is 0. The van der Waals surface area contributed by atoms with Crippen molar-refractivity contribution in [2.45, 2.75) is 26.2 Å². The summed E-state index contributed by atoms with van der Waals surface area (Å²) in [6.07, 6.45) is 3.61. The van der Waals surface area contributed by atoms with E-state index in [9.17, 15) is 4.79 Å². The molecule has 100 valence electrons. The molecule has 17 heavy (non-hydrogen) atoms. The van der Waals surface area contributed by atoms with Gasteiger partial charge in [-0.25, -0.2) is 0 Å². The molecule has 0 bridgehead atoms. The summed E-state index contributed by atoms with van der Waals surface area (Å²) >= 11 is 0. The maximum Gasteiger partial charge on any atom is 0.236 e. The summed E-state index contributed by atoms with van der Waals surface area (Å²) in [6.45, 7) is 7.12. The SMILES string of the molecule is CCCN(CC(=O)N(C)C)CC1CCNCC1. The van der Waals surface area contributed by atoms with Crippen LogP contribution in [0.2, 0.25) is 0 Å². The molecular formula is C13H27N3O. The highest BCUT2D eigenvalue weighted by molar-refractivity contribution is 5.77. The summed E-state index contributed by atoms with van der Waals surface area (Å²) in [5, 5.41) is 3.39. The Kier molecular flexibility index (Phi) is 6.52. The summed E-state index contributed by atoms with van der Waals surface area (Å²) in [5.74, 6) is 0.977. The molecule has 0 aliphatic carbocycles. The van der Waals surface area contributed by atoms with Gasteiger partial charge in [-0.1, -0.05) is 6.92 Å². The van der Waals surface area contributed by atoms with Crippen LogP contribution in [0.3, 0.4) is 0 Å². The second-order valence-electron chi connectivity index (χ2n) is 5.22. The van der Waals surface area contributed by atoms with Crippen LogP contribution in [-0.4, -0.2) is 62.5 Å². The van der Waals surface area contributed by atoms with Crippen molar-refractivity contribution in [1.82, 2.24) is 15.1 Å². The van der Waals surface area contributed by atoms with Gasteiger partial charge in [0.25, 0.3) is 0 Å². The van der Waals surface area contributed by atoms with Gasteiger partial charge in [0.2, 0.25) is 5.91 Å². The van der Waals surface area contributed by atoms with Gasteiger partial charge in [-0.3, -0.25) is 9.69 Å². The molecule has 1 amide bonds. The summed E-state index contributed by atoms with van der Waals surface area (Å²) in [6, 6.07) is 0. The number of nitrogens with one attached hydrogen (secondary N) is 1. The van der Waals surface area contributed by atoms with Crippen LogP contribution in [0.4, 0.5) is 0 Å². The van der Waals surface area contributed by atoms with E-state index in [2.05, 4.69) is 17.1 Å². The molecule has 0 radical (unpaired) electrons. The third-order valence-electron chi connectivity index (χ3n) is 3.37. The third kappa shape index (κ3) is 5.50. The Morgan fingerprint density at radius 2 is 1.94 bits per heavy atom. The van der Waals surface area contributed by atoms with Gasteiger partial charge in [0.15, 0.2) is 0 Å². The molecule has 1 aliphatic rings. The minimum atomic E-state index is 0.215. The van der Waals surface area contributed by atoms with Crippen LogP contribution in [0.5, 0.6) is 0 Å². The topological polar surface area (TPSA) is 35.6 Å². The molecule has 0 aromatic carbocycles. The number of carbonyl (C=O) groups excluding carboxylic acids is 1. The van der Waals surface area contributed by atoms with Gasteiger partial charge in [0.05, 0.1) is 6.54 Å². The molecule has 0 saturated carbocycles. The average Bonchev–Trinajstić information content (AvgIpc) is 2.30. The predicted octanol–water partition coefficient (Wildman–Crippen LogP) is 0.786. The Morgan fingerprint density at radius 3 is 2.47 bits per heavy atom. The molecule has 4 nitrogen and oxygen atoms in total. The molecule has 0 atom stereocenters. The molecule has 1 fully saturated rings. The first-order valence-electron chi connectivity index (χ1n) is 6.76. The number of hydrogen-bond donors (Lipinski definition) is 1. The molecule has 1 rings (SSSR count). The molecule has 1 heterocycles. The van der Waals surface area contributed by atoms with E-state index in [-0.39, 0.29) is 5.91 Å². The lowest BCUT2D eigenvalue weighted by atomic mass is 9.97. The van der Waals surface area contributed by atoms with Crippen molar-refractivity contribution in [2.24, 2.45) is 5.92 Å². The number of rotatable bonds is 6. The minimum Gasteiger partial charge on any atom is -0.348 e. The maximum atomic E-state index is 11.7. The lowest BCUT2D eigenvalue weighted by Crippen LogP contribution is -2.41. The quantitative estimate of drug-likeness (QED) is 0.747. The van der Waals surface area contributed by atoms with Crippen LogP contribution in [0, 0.1) is 5.92 Å². The number of likely N-dealkylation sites (N-methyl/N-ethyl adjacent to an activating group) is 1. The zero-order chi connectivity index (χ0) is 12.7. The van der Waals surface area contributed by atoms with Gasteiger partial charge in [-0.15, -0.1) is 0 Å². The zero-order valence-electron chi connectivity index (χ0n) is 11.5. The second kappa shape index (κ2) is 7.67. The molecule has 0 spiro atoms. The molecule has 0 aromatic heterocycles. The van der Waals surface area contributed by atoms with Crippen molar-refractivity contribution in [2.75, 3.05) is 46.8 Å². The van der Waals surface area contributed by atoms with Crippen molar-refractivity contribution >= 4 is 5.91 Å². The fourth-order valence-electron chi connectivity index (χ4n) is 2.31. The molecular weight excluding hydrogens is 214 g/mol. The highest BCUT2D eigenvalue weighted by Crippen LogP contribution is 2.13. The first-order valence-corrected chi connectivity index (χ1v) is 6.76. The highest BCUT2D eigenvalue weighted by atomic mass is 16.2. The number of nitrogens with zero attached hydrogens (tertiary/aromatic N) is 2. The van der Waals surface area contributed by atoms with Crippen molar-refractivity contribution in [3.63, 3.8) is 0 Å². The van der Waals surface area contributed by atoms with Crippen LogP contribution < -0.4 is 5.32 Å². The molecule has 4 heteroatoms. The molecule has 0 unspecified atom stereocenters. The first-order chi connectivity index (χ1) is 8.13. The fraction of sp³-hybridized carbons (Fsp3) is 0.923. The minimum absolute atomic E-state index is 0.215. The van der Waals surface area contributed by atoms with Gasteiger partial charge >= 0.3 is 0 Å². The number of hydrogen-bond acceptors (Lipinski definition) is 3. The van der Waals surface area contributed by atoms with Gasteiger partial charge < -0.3 is 10.2 Å². The molecule has 0 aromatic rings. The van der Waals surface area contributed by atoms with Gasteiger partial charge in [-0.2, -0.15) is 0 Å². The van der Waals surface area contributed by atoms with Gasteiger partial charge in [-0.05, 0) is 44.8 Å². The predicted molar refractivity (Wildman–Crippen MR) is 71.0 cm³/mol. The van der Waals surface area contributed by atoms with E-state index < -0.39 is 0 Å². The lowest BCUT2D eigenvalue weighted by molar-refractivity contribution is -0.130. The van der Waals surface area contributed by atoms with E-state index in [1.807, 2.05) is 14.1 Å². The second-order valence-corrected chi connectivity index (χ2v) is 5.22. The Morgan fingerprint density at radius 1 is 1.29 bits per heavy atom. The van der Waals surface area contributed by atoms with Crippen LogP contribution in [-0.2, 0) is 4.79 Å². The Hall–Kier alpha value is -0.610.